The average molecular weight is 290 g/mol. The molecule has 2 rings (SSSR count). The summed E-state index contributed by atoms with van der Waals surface area (Å²) in [6.07, 6.45) is 7.71. The molecule has 20 heavy (non-hydrogen) atoms. The Morgan fingerprint density at radius 3 is 2.75 bits per heavy atom. The number of aromatic amines is 1. The fourth-order valence-electron chi connectivity index (χ4n) is 1.80. The summed E-state index contributed by atoms with van der Waals surface area (Å²) < 4.78 is 0. The van der Waals surface area contributed by atoms with Gasteiger partial charge in [0, 0.05) is 31.7 Å². The van der Waals surface area contributed by atoms with E-state index in [9.17, 15) is 0 Å². The highest BCUT2D eigenvalue weighted by atomic mass is 35.5. The highest BCUT2D eigenvalue weighted by Crippen LogP contribution is 2.21. The molecule has 0 spiro atoms. The Labute approximate surface area is 122 Å². The van der Waals surface area contributed by atoms with Gasteiger partial charge in [-0.2, -0.15) is 0 Å². The second-order valence-electron chi connectivity index (χ2n) is 4.25. The van der Waals surface area contributed by atoms with Crippen molar-refractivity contribution in [2.24, 2.45) is 0 Å². The van der Waals surface area contributed by atoms with E-state index in [1.807, 2.05) is 30.3 Å². The first-order valence-corrected chi connectivity index (χ1v) is 6.63. The first-order chi connectivity index (χ1) is 9.61. The van der Waals surface area contributed by atoms with Crippen LogP contribution in [0, 0.1) is 5.41 Å². The Morgan fingerprint density at radius 2 is 2.25 bits per heavy atom. The van der Waals surface area contributed by atoms with Crippen LogP contribution in [0.15, 0.2) is 36.8 Å². The SMILES string of the molecule is CCc1ccc(N(C)/C(=C/C(=N)Cl)c2ncc[nH]2)nc1. The molecule has 0 fully saturated rings. The molecule has 0 amide bonds. The predicted molar refractivity (Wildman–Crippen MR) is 82.2 cm³/mol. The summed E-state index contributed by atoms with van der Waals surface area (Å²) >= 11 is 5.69. The summed E-state index contributed by atoms with van der Waals surface area (Å²) in [5, 5.41) is 7.39. The van der Waals surface area contributed by atoms with Crippen LogP contribution in [0.1, 0.15) is 18.3 Å². The molecule has 2 heterocycles. The van der Waals surface area contributed by atoms with E-state index in [4.69, 9.17) is 17.0 Å². The topological polar surface area (TPSA) is 68.7 Å². The molecule has 6 heteroatoms. The number of aryl methyl sites for hydroxylation is 1. The maximum atomic E-state index is 7.45. The molecule has 5 nitrogen and oxygen atoms in total. The lowest BCUT2D eigenvalue weighted by molar-refractivity contribution is 1.06. The second-order valence-corrected chi connectivity index (χ2v) is 4.66. The number of anilines is 1. The van der Waals surface area contributed by atoms with Crippen molar-refractivity contribution in [3.63, 3.8) is 0 Å². The zero-order valence-corrected chi connectivity index (χ0v) is 12.1. The van der Waals surface area contributed by atoms with E-state index < -0.39 is 0 Å². The fourth-order valence-corrected chi connectivity index (χ4v) is 1.90. The largest absolute Gasteiger partial charge is 0.343 e. The Morgan fingerprint density at radius 1 is 1.45 bits per heavy atom. The van der Waals surface area contributed by atoms with Crippen molar-refractivity contribution in [2.75, 3.05) is 11.9 Å². The number of aromatic nitrogens is 3. The van der Waals surface area contributed by atoms with E-state index in [0.717, 1.165) is 12.2 Å². The monoisotopic (exact) mass is 289 g/mol. The van der Waals surface area contributed by atoms with Crippen LogP contribution in [0.25, 0.3) is 5.70 Å². The normalized spacial score (nSPS) is 11.4. The van der Waals surface area contributed by atoms with Crippen LogP contribution in [0.3, 0.4) is 0 Å². The van der Waals surface area contributed by atoms with Gasteiger partial charge in [-0.15, -0.1) is 0 Å². The first-order valence-electron chi connectivity index (χ1n) is 6.26. The summed E-state index contributed by atoms with van der Waals surface area (Å²) in [4.78, 5) is 13.5. The van der Waals surface area contributed by atoms with E-state index >= 15 is 0 Å². The third-order valence-corrected chi connectivity index (χ3v) is 3.04. The summed E-state index contributed by atoms with van der Waals surface area (Å²) in [6.45, 7) is 2.09. The molecule has 0 atom stereocenters. The summed E-state index contributed by atoms with van der Waals surface area (Å²) in [5.74, 6) is 1.40. The molecule has 0 aliphatic heterocycles. The van der Waals surface area contributed by atoms with Crippen molar-refractivity contribution < 1.29 is 0 Å². The number of pyridine rings is 1. The highest BCUT2D eigenvalue weighted by Gasteiger charge is 2.13. The summed E-state index contributed by atoms with van der Waals surface area (Å²) in [7, 11) is 1.86. The molecule has 2 N–H and O–H groups in total. The number of nitrogens with zero attached hydrogens (tertiary/aromatic N) is 3. The average Bonchev–Trinajstić information content (AvgIpc) is 2.98. The number of rotatable bonds is 5. The van der Waals surface area contributed by atoms with Gasteiger partial charge in [0.2, 0.25) is 0 Å². The second kappa shape index (κ2) is 6.34. The van der Waals surface area contributed by atoms with E-state index in [2.05, 4.69) is 21.9 Å². The summed E-state index contributed by atoms with van der Waals surface area (Å²) in [5.41, 5.74) is 1.86. The molecule has 104 valence electrons. The van der Waals surface area contributed by atoms with Crippen molar-refractivity contribution >= 4 is 28.3 Å². The van der Waals surface area contributed by atoms with Gasteiger partial charge in [0.15, 0.2) is 5.82 Å². The van der Waals surface area contributed by atoms with Crippen LogP contribution in [-0.2, 0) is 6.42 Å². The van der Waals surface area contributed by atoms with Gasteiger partial charge in [-0.25, -0.2) is 9.97 Å². The molecule has 0 saturated carbocycles. The zero-order valence-electron chi connectivity index (χ0n) is 11.4. The molecule has 2 aromatic heterocycles. The van der Waals surface area contributed by atoms with E-state index in [0.29, 0.717) is 11.5 Å². The van der Waals surface area contributed by atoms with Crippen molar-refractivity contribution in [1.29, 1.82) is 5.41 Å². The van der Waals surface area contributed by atoms with Crippen molar-refractivity contribution in [3.8, 4) is 0 Å². The first kappa shape index (κ1) is 14.3. The molecule has 0 aliphatic carbocycles. The molecule has 0 aromatic carbocycles. The van der Waals surface area contributed by atoms with Crippen LogP contribution in [-0.4, -0.2) is 27.2 Å². The number of allylic oxidation sites excluding steroid dienone is 1. The molecule has 0 radical (unpaired) electrons. The van der Waals surface area contributed by atoms with Crippen molar-refractivity contribution in [2.45, 2.75) is 13.3 Å². The molecule has 0 bridgehead atoms. The van der Waals surface area contributed by atoms with Gasteiger partial charge in [0.25, 0.3) is 0 Å². The Kier molecular flexibility index (Phi) is 4.53. The lowest BCUT2D eigenvalue weighted by Gasteiger charge is -2.20. The van der Waals surface area contributed by atoms with E-state index in [-0.39, 0.29) is 5.17 Å². The van der Waals surface area contributed by atoms with E-state index in [1.54, 1.807) is 12.4 Å². The molecule has 2 aromatic rings. The quantitative estimate of drug-likeness (QED) is 0.831. The number of H-pyrrole nitrogens is 1. The van der Waals surface area contributed by atoms with Crippen LogP contribution in [0.4, 0.5) is 5.82 Å². The van der Waals surface area contributed by atoms with Gasteiger partial charge in [-0.05, 0) is 18.1 Å². The third kappa shape index (κ3) is 3.24. The number of halogens is 1. The Hall–Kier alpha value is -2.14. The van der Waals surface area contributed by atoms with Crippen molar-refractivity contribution in [3.05, 3.63) is 48.2 Å². The van der Waals surface area contributed by atoms with Gasteiger partial charge < -0.3 is 9.88 Å². The number of imidazole rings is 1. The van der Waals surface area contributed by atoms with E-state index in [1.165, 1.54) is 11.6 Å². The minimum Gasteiger partial charge on any atom is -0.343 e. The van der Waals surface area contributed by atoms with Crippen LogP contribution >= 0.6 is 11.6 Å². The molecular formula is C14H16ClN5. The number of hydrogen-bond donors (Lipinski definition) is 2. The molecular weight excluding hydrogens is 274 g/mol. The lowest BCUT2D eigenvalue weighted by atomic mass is 10.2. The number of nitrogens with one attached hydrogen (secondary N) is 2. The number of hydrogen-bond acceptors (Lipinski definition) is 4. The maximum Gasteiger partial charge on any atom is 0.154 e. The van der Waals surface area contributed by atoms with Gasteiger partial charge in [0.1, 0.15) is 11.0 Å². The van der Waals surface area contributed by atoms with Crippen LogP contribution in [0.2, 0.25) is 0 Å². The molecule has 0 saturated heterocycles. The predicted octanol–water partition coefficient (Wildman–Crippen LogP) is 3.06. The van der Waals surface area contributed by atoms with Crippen molar-refractivity contribution in [1.82, 2.24) is 15.0 Å². The third-order valence-electron chi connectivity index (χ3n) is 2.93. The fraction of sp³-hybridized carbons (Fsp3) is 0.214. The smallest absolute Gasteiger partial charge is 0.154 e. The van der Waals surface area contributed by atoms with Crippen LogP contribution in [0.5, 0.6) is 0 Å². The highest BCUT2D eigenvalue weighted by molar-refractivity contribution is 6.68. The molecule has 0 aliphatic rings. The van der Waals surface area contributed by atoms with Crippen LogP contribution < -0.4 is 4.90 Å². The Balaban J connectivity index is 2.35. The maximum absolute atomic E-state index is 7.45. The standard InChI is InChI=1S/C14H16ClN5/c1-3-10-4-5-13(19-9-10)20(2)11(8-12(15)16)14-17-6-7-18-14/h4-9,16H,3H2,1-2H3,(H,17,18)/b11-8+,16-12?. The minimum atomic E-state index is -0.0616. The Bertz CT molecular complexity index is 601. The lowest BCUT2D eigenvalue weighted by Crippen LogP contribution is -2.18. The van der Waals surface area contributed by atoms with Gasteiger partial charge in [-0.3, -0.25) is 5.41 Å². The molecule has 0 unspecified atom stereocenters. The minimum absolute atomic E-state index is 0.0616. The van der Waals surface area contributed by atoms with Gasteiger partial charge in [0.05, 0.1) is 5.70 Å². The van der Waals surface area contributed by atoms with Gasteiger partial charge >= 0.3 is 0 Å². The zero-order chi connectivity index (χ0) is 14.5. The summed E-state index contributed by atoms with van der Waals surface area (Å²) in [6, 6.07) is 3.97. The van der Waals surface area contributed by atoms with Gasteiger partial charge in [-0.1, -0.05) is 24.6 Å².